The number of methoxy groups -OCH3 is 2. The summed E-state index contributed by atoms with van der Waals surface area (Å²) in [5.74, 6) is 0.0288. The summed E-state index contributed by atoms with van der Waals surface area (Å²) in [6.45, 7) is 1.80. The molecule has 2 aromatic heterocycles. The molecule has 1 amide bonds. The number of ether oxygens (including phenoxy) is 3. The maximum atomic E-state index is 15.1. The van der Waals surface area contributed by atoms with Crippen LogP contribution in [0, 0.1) is 12.7 Å². The van der Waals surface area contributed by atoms with E-state index in [1.165, 1.54) is 31.0 Å². The number of pyridine rings is 1. The molecule has 40 heavy (non-hydrogen) atoms. The van der Waals surface area contributed by atoms with Crippen LogP contribution in [0.5, 0.6) is 23.0 Å². The average molecular weight is 543 g/mol. The molecule has 0 saturated heterocycles. The van der Waals surface area contributed by atoms with Crippen LogP contribution in [-0.4, -0.2) is 34.5 Å². The molecule has 2 heterocycles. The summed E-state index contributed by atoms with van der Waals surface area (Å²) in [7, 11) is 4.82. The monoisotopic (exact) mass is 542 g/mol. The Balaban J connectivity index is 1.34. The van der Waals surface area contributed by atoms with E-state index in [1.54, 1.807) is 36.1 Å². The lowest BCUT2D eigenvalue weighted by atomic mass is 10.1. The number of nitrogens with one attached hydrogen (secondary N) is 1. The second kappa shape index (κ2) is 10.9. The molecule has 5 aromatic rings. The van der Waals surface area contributed by atoms with Gasteiger partial charge in [0.1, 0.15) is 5.75 Å². The standard InChI is InChI=1S/C30H27FN4O5/c1-18-22(30(37)35(34(18)2)20-8-6-5-7-9-20)17-33-29(36)19-10-11-26(23(31)14-19)40-25-12-13-32-24-16-28(39-4)27(38-3)15-21(24)25/h5-16H,17H2,1-4H3,(H,33,36). The molecule has 0 aliphatic carbocycles. The van der Waals surface area contributed by atoms with Crippen molar-refractivity contribution in [2.75, 3.05) is 14.2 Å². The van der Waals surface area contributed by atoms with Crippen molar-refractivity contribution in [1.82, 2.24) is 19.7 Å². The molecule has 3 aromatic carbocycles. The Hall–Kier alpha value is -5.12. The Morgan fingerprint density at radius 3 is 2.38 bits per heavy atom. The SMILES string of the molecule is COc1cc2nccc(Oc3ccc(C(=O)NCc4c(C)n(C)n(-c5ccccc5)c4=O)cc3F)c2cc1OC. The van der Waals surface area contributed by atoms with Gasteiger partial charge in [-0.25, -0.2) is 9.07 Å². The van der Waals surface area contributed by atoms with Crippen molar-refractivity contribution in [1.29, 1.82) is 0 Å². The molecule has 0 aliphatic rings. The molecule has 0 unspecified atom stereocenters. The van der Waals surface area contributed by atoms with Gasteiger partial charge in [-0.3, -0.25) is 19.3 Å². The van der Waals surface area contributed by atoms with Gasteiger partial charge in [0.25, 0.3) is 11.5 Å². The number of aromatic nitrogens is 3. The Morgan fingerprint density at radius 2 is 1.68 bits per heavy atom. The van der Waals surface area contributed by atoms with Crippen LogP contribution in [0.4, 0.5) is 4.39 Å². The zero-order valence-corrected chi connectivity index (χ0v) is 22.4. The van der Waals surface area contributed by atoms with E-state index >= 15 is 4.39 Å². The Morgan fingerprint density at radius 1 is 0.950 bits per heavy atom. The number of hydrogen-bond donors (Lipinski definition) is 1. The summed E-state index contributed by atoms with van der Waals surface area (Å²) >= 11 is 0. The van der Waals surface area contributed by atoms with E-state index < -0.39 is 11.7 Å². The molecule has 1 N–H and O–H groups in total. The average Bonchev–Trinajstić information content (AvgIpc) is 3.19. The minimum atomic E-state index is -0.722. The minimum Gasteiger partial charge on any atom is -0.493 e. The fourth-order valence-corrected chi connectivity index (χ4v) is 4.48. The van der Waals surface area contributed by atoms with Gasteiger partial charge in [0.2, 0.25) is 0 Å². The first-order valence-electron chi connectivity index (χ1n) is 12.4. The third kappa shape index (κ3) is 4.86. The number of hydrogen-bond acceptors (Lipinski definition) is 6. The van der Waals surface area contributed by atoms with Gasteiger partial charge in [-0.05, 0) is 49.4 Å². The molecule has 0 saturated carbocycles. The van der Waals surface area contributed by atoms with Gasteiger partial charge in [-0.1, -0.05) is 18.2 Å². The number of para-hydroxylation sites is 1. The molecule has 0 atom stereocenters. The van der Waals surface area contributed by atoms with Crippen molar-refractivity contribution < 1.29 is 23.4 Å². The number of carbonyl (C=O) groups excluding carboxylic acids is 1. The normalized spacial score (nSPS) is 10.9. The van der Waals surface area contributed by atoms with Gasteiger partial charge in [0.15, 0.2) is 23.1 Å². The van der Waals surface area contributed by atoms with Gasteiger partial charge >= 0.3 is 0 Å². The smallest absolute Gasteiger partial charge is 0.276 e. The van der Waals surface area contributed by atoms with Crippen LogP contribution in [0.2, 0.25) is 0 Å². The van der Waals surface area contributed by atoms with E-state index in [1.807, 2.05) is 37.3 Å². The lowest BCUT2D eigenvalue weighted by Crippen LogP contribution is -2.27. The number of rotatable bonds is 8. The number of benzene rings is 3. The molecule has 0 fully saturated rings. The third-order valence-electron chi connectivity index (χ3n) is 6.72. The van der Waals surface area contributed by atoms with E-state index in [0.29, 0.717) is 45.1 Å². The predicted octanol–water partition coefficient (Wildman–Crippen LogP) is 4.91. The molecule has 5 rings (SSSR count). The molecule has 10 heteroatoms. The Bertz CT molecular complexity index is 1780. The second-order valence-electron chi connectivity index (χ2n) is 9.00. The highest BCUT2D eigenvalue weighted by atomic mass is 19.1. The predicted molar refractivity (Wildman–Crippen MR) is 148 cm³/mol. The maximum absolute atomic E-state index is 15.1. The summed E-state index contributed by atoms with van der Waals surface area (Å²) in [6, 6.07) is 18.2. The molecule has 0 bridgehead atoms. The largest absolute Gasteiger partial charge is 0.493 e. The van der Waals surface area contributed by atoms with Crippen LogP contribution in [0.3, 0.4) is 0 Å². The quantitative estimate of drug-likeness (QED) is 0.299. The molecule has 0 spiro atoms. The van der Waals surface area contributed by atoms with Crippen LogP contribution < -0.4 is 25.1 Å². The van der Waals surface area contributed by atoms with Gasteiger partial charge < -0.3 is 19.5 Å². The highest BCUT2D eigenvalue weighted by molar-refractivity contribution is 5.94. The van der Waals surface area contributed by atoms with Crippen molar-refractivity contribution in [2.24, 2.45) is 7.05 Å². The fraction of sp³-hybridized carbons (Fsp3) is 0.167. The highest BCUT2D eigenvalue weighted by Crippen LogP contribution is 2.37. The topological polar surface area (TPSA) is 96.6 Å². The number of nitrogens with zero attached hydrogens (tertiary/aromatic N) is 3. The molecular weight excluding hydrogens is 515 g/mol. The zero-order valence-electron chi connectivity index (χ0n) is 22.4. The number of amides is 1. The van der Waals surface area contributed by atoms with Crippen molar-refractivity contribution >= 4 is 16.8 Å². The van der Waals surface area contributed by atoms with Gasteiger partial charge in [0.05, 0.1) is 37.5 Å². The maximum Gasteiger partial charge on any atom is 0.276 e. The Kier molecular flexibility index (Phi) is 7.24. The van der Waals surface area contributed by atoms with Gasteiger partial charge in [-0.2, -0.15) is 0 Å². The van der Waals surface area contributed by atoms with Crippen LogP contribution in [0.1, 0.15) is 21.6 Å². The fourth-order valence-electron chi connectivity index (χ4n) is 4.48. The first kappa shape index (κ1) is 26.5. The lowest BCUT2D eigenvalue weighted by molar-refractivity contribution is 0.0950. The number of fused-ring (bicyclic) bond motifs is 1. The van der Waals surface area contributed by atoms with Crippen molar-refractivity contribution in [2.45, 2.75) is 13.5 Å². The van der Waals surface area contributed by atoms with Gasteiger partial charge in [0, 0.05) is 36.0 Å². The van der Waals surface area contributed by atoms with E-state index in [-0.39, 0.29) is 23.4 Å². The van der Waals surface area contributed by atoms with Crippen LogP contribution in [0.15, 0.2) is 77.7 Å². The van der Waals surface area contributed by atoms with Crippen molar-refractivity contribution in [3.8, 4) is 28.7 Å². The first-order chi connectivity index (χ1) is 19.3. The molecule has 204 valence electrons. The molecule has 0 radical (unpaired) electrons. The van der Waals surface area contributed by atoms with Gasteiger partial charge in [-0.15, -0.1) is 0 Å². The third-order valence-corrected chi connectivity index (χ3v) is 6.72. The van der Waals surface area contributed by atoms with E-state index in [4.69, 9.17) is 14.2 Å². The summed E-state index contributed by atoms with van der Waals surface area (Å²) in [5, 5.41) is 3.32. The Labute approximate surface area is 229 Å². The summed E-state index contributed by atoms with van der Waals surface area (Å²) in [5.41, 5.74) is 2.30. The molecule has 0 aliphatic heterocycles. The zero-order chi connectivity index (χ0) is 28.4. The first-order valence-corrected chi connectivity index (χ1v) is 12.4. The molecular formula is C30H27FN4O5. The van der Waals surface area contributed by atoms with E-state index in [9.17, 15) is 9.59 Å². The number of carbonyl (C=O) groups is 1. The second-order valence-corrected chi connectivity index (χ2v) is 9.00. The number of halogens is 1. The van der Waals surface area contributed by atoms with E-state index in [2.05, 4.69) is 10.3 Å². The van der Waals surface area contributed by atoms with Crippen molar-refractivity contribution in [3.05, 3.63) is 106 Å². The van der Waals surface area contributed by atoms with Crippen LogP contribution in [0.25, 0.3) is 16.6 Å². The minimum absolute atomic E-state index is 0.00859. The van der Waals surface area contributed by atoms with Crippen molar-refractivity contribution in [3.63, 3.8) is 0 Å². The van der Waals surface area contributed by atoms with Crippen LogP contribution >= 0.6 is 0 Å². The highest BCUT2D eigenvalue weighted by Gasteiger charge is 2.18. The summed E-state index contributed by atoms with van der Waals surface area (Å²) in [6.07, 6.45) is 1.54. The molecule has 9 nitrogen and oxygen atoms in total. The summed E-state index contributed by atoms with van der Waals surface area (Å²) in [4.78, 5) is 30.3. The summed E-state index contributed by atoms with van der Waals surface area (Å²) < 4.78 is 34.9. The van der Waals surface area contributed by atoms with Crippen LogP contribution in [-0.2, 0) is 13.6 Å². The van der Waals surface area contributed by atoms with E-state index in [0.717, 1.165) is 6.07 Å². The lowest BCUT2D eigenvalue weighted by Gasteiger charge is -2.13.